The van der Waals surface area contributed by atoms with Crippen LogP contribution < -0.4 is 10.6 Å². The van der Waals surface area contributed by atoms with Gasteiger partial charge in [-0.25, -0.2) is 9.59 Å². The Morgan fingerprint density at radius 2 is 1.53 bits per heavy atom. The minimum Gasteiger partial charge on any atom is -0.481 e. The Bertz CT molecular complexity index is 1210. The number of methoxy groups -OCH3 is 1. The van der Waals surface area contributed by atoms with E-state index in [1.165, 1.54) is 7.11 Å². The first-order valence-corrected chi connectivity index (χ1v) is 11.7. The molecule has 1 unspecified atom stereocenters. The summed E-state index contributed by atoms with van der Waals surface area (Å²) in [6.07, 6.45) is -0.622. The van der Waals surface area contributed by atoms with Crippen LogP contribution in [0.15, 0.2) is 72.8 Å². The molecule has 4 rings (SSSR count). The standard InChI is InChI=1S/C28H28N2O6/c1-35-27(33)25(16-18-8-2-7-13-24(18)29-15-14-26(31)32)30-28(34)36-17-23-21-11-5-3-9-19(21)20-10-4-6-12-22(20)23/h2-13,23,25,29H,14-17H2,1H3,(H,30,34)(H,31,32). The number of carboxylic acids is 1. The number of fused-ring (bicyclic) bond motifs is 3. The molecule has 0 saturated heterocycles. The van der Waals surface area contributed by atoms with Crippen LogP contribution in [-0.4, -0.2) is 49.4 Å². The van der Waals surface area contributed by atoms with E-state index in [1.54, 1.807) is 24.3 Å². The number of hydrogen-bond donors (Lipinski definition) is 3. The SMILES string of the molecule is COC(=O)C(Cc1ccccc1NCCC(=O)O)NC(=O)OCC1c2ccccc2-c2ccccc21. The summed E-state index contributed by atoms with van der Waals surface area (Å²) in [5.74, 6) is -1.62. The van der Waals surface area contributed by atoms with Gasteiger partial charge in [0, 0.05) is 24.6 Å². The van der Waals surface area contributed by atoms with Gasteiger partial charge in [-0.05, 0) is 33.9 Å². The van der Waals surface area contributed by atoms with Gasteiger partial charge in [0.1, 0.15) is 12.6 Å². The predicted molar refractivity (Wildman–Crippen MR) is 135 cm³/mol. The maximum absolute atomic E-state index is 12.8. The van der Waals surface area contributed by atoms with Gasteiger partial charge in [-0.2, -0.15) is 0 Å². The van der Waals surface area contributed by atoms with Crippen LogP contribution in [0.3, 0.4) is 0 Å². The van der Waals surface area contributed by atoms with Crippen LogP contribution in [0.25, 0.3) is 11.1 Å². The summed E-state index contributed by atoms with van der Waals surface area (Å²) >= 11 is 0. The van der Waals surface area contributed by atoms with Gasteiger partial charge in [0.2, 0.25) is 0 Å². The summed E-state index contributed by atoms with van der Waals surface area (Å²) in [5.41, 5.74) is 5.86. The molecule has 0 aromatic heterocycles. The van der Waals surface area contributed by atoms with Crippen LogP contribution in [0, 0.1) is 0 Å². The molecule has 3 aromatic carbocycles. The van der Waals surface area contributed by atoms with Crippen LogP contribution in [0.2, 0.25) is 0 Å². The van der Waals surface area contributed by atoms with Crippen LogP contribution >= 0.6 is 0 Å². The zero-order valence-electron chi connectivity index (χ0n) is 19.9. The smallest absolute Gasteiger partial charge is 0.407 e. The molecule has 1 amide bonds. The first-order chi connectivity index (χ1) is 17.5. The van der Waals surface area contributed by atoms with Crippen molar-refractivity contribution in [3.05, 3.63) is 89.5 Å². The lowest BCUT2D eigenvalue weighted by Gasteiger charge is -2.20. The minimum atomic E-state index is -0.979. The number of para-hydroxylation sites is 1. The number of aliphatic carboxylic acids is 1. The number of nitrogens with one attached hydrogen (secondary N) is 2. The molecule has 3 aromatic rings. The Kier molecular flexibility index (Phi) is 7.85. The summed E-state index contributed by atoms with van der Waals surface area (Å²) in [5, 5.41) is 14.6. The van der Waals surface area contributed by atoms with Gasteiger partial charge in [-0.1, -0.05) is 66.7 Å². The molecule has 186 valence electrons. The fourth-order valence-electron chi connectivity index (χ4n) is 4.51. The van der Waals surface area contributed by atoms with Gasteiger partial charge in [0.25, 0.3) is 0 Å². The van der Waals surface area contributed by atoms with E-state index in [0.717, 1.165) is 27.8 Å². The van der Waals surface area contributed by atoms with Crippen molar-refractivity contribution in [3.8, 4) is 11.1 Å². The second-order valence-electron chi connectivity index (χ2n) is 8.48. The van der Waals surface area contributed by atoms with Crippen LogP contribution in [0.4, 0.5) is 10.5 Å². The van der Waals surface area contributed by atoms with E-state index in [9.17, 15) is 14.4 Å². The second-order valence-corrected chi connectivity index (χ2v) is 8.48. The molecule has 1 aliphatic rings. The number of rotatable bonds is 10. The van der Waals surface area contributed by atoms with Crippen molar-refractivity contribution in [2.75, 3.05) is 25.6 Å². The minimum absolute atomic E-state index is 0.0488. The van der Waals surface area contributed by atoms with Gasteiger partial charge in [0.15, 0.2) is 0 Å². The van der Waals surface area contributed by atoms with Gasteiger partial charge in [-0.15, -0.1) is 0 Å². The molecule has 8 nitrogen and oxygen atoms in total. The normalized spacial score (nSPS) is 12.7. The van der Waals surface area contributed by atoms with Crippen molar-refractivity contribution in [3.63, 3.8) is 0 Å². The fourth-order valence-corrected chi connectivity index (χ4v) is 4.51. The highest BCUT2D eigenvalue weighted by molar-refractivity contribution is 5.82. The fraction of sp³-hybridized carbons (Fsp3) is 0.250. The second kappa shape index (κ2) is 11.4. The number of carboxylic acid groups (broad SMARTS) is 1. The monoisotopic (exact) mass is 488 g/mol. The molecule has 3 N–H and O–H groups in total. The molecule has 36 heavy (non-hydrogen) atoms. The topological polar surface area (TPSA) is 114 Å². The molecule has 1 atom stereocenters. The molecule has 0 radical (unpaired) electrons. The van der Waals surface area contributed by atoms with Crippen molar-refractivity contribution < 1.29 is 29.0 Å². The van der Waals surface area contributed by atoms with Crippen molar-refractivity contribution >= 4 is 23.7 Å². The van der Waals surface area contributed by atoms with E-state index in [4.69, 9.17) is 14.6 Å². The van der Waals surface area contributed by atoms with Gasteiger partial charge in [0.05, 0.1) is 13.5 Å². The zero-order valence-corrected chi connectivity index (χ0v) is 19.9. The molecule has 8 heteroatoms. The predicted octanol–water partition coefficient (Wildman–Crippen LogP) is 4.20. The van der Waals surface area contributed by atoms with Crippen LogP contribution in [0.5, 0.6) is 0 Å². The molecule has 1 aliphatic carbocycles. The van der Waals surface area contributed by atoms with Gasteiger partial charge >= 0.3 is 18.0 Å². The number of esters is 1. The van der Waals surface area contributed by atoms with Crippen molar-refractivity contribution in [1.29, 1.82) is 0 Å². The molecule has 0 aliphatic heterocycles. The Balaban J connectivity index is 1.43. The lowest BCUT2D eigenvalue weighted by atomic mass is 9.98. The number of carbonyl (C=O) groups excluding carboxylic acids is 2. The van der Waals surface area contributed by atoms with E-state index < -0.39 is 24.1 Å². The molecular formula is C28H28N2O6. The van der Waals surface area contributed by atoms with E-state index in [1.807, 2.05) is 36.4 Å². The maximum Gasteiger partial charge on any atom is 0.407 e. The molecule has 0 spiro atoms. The van der Waals surface area contributed by atoms with Crippen LogP contribution in [-0.2, 0) is 25.5 Å². The third-order valence-corrected chi connectivity index (χ3v) is 6.22. The number of anilines is 1. The maximum atomic E-state index is 12.8. The van der Waals surface area contributed by atoms with Crippen molar-refractivity contribution in [1.82, 2.24) is 5.32 Å². The summed E-state index contributed by atoms with van der Waals surface area (Å²) in [6, 6.07) is 22.3. The average Bonchev–Trinajstić information content (AvgIpc) is 3.21. The summed E-state index contributed by atoms with van der Waals surface area (Å²) in [7, 11) is 1.26. The molecule has 0 fully saturated rings. The average molecular weight is 489 g/mol. The molecule has 0 saturated carbocycles. The first kappa shape index (κ1) is 24.8. The third-order valence-electron chi connectivity index (χ3n) is 6.22. The number of alkyl carbamates (subject to hydrolysis) is 1. The zero-order chi connectivity index (χ0) is 25.5. The highest BCUT2D eigenvalue weighted by atomic mass is 16.6. The van der Waals surface area contributed by atoms with E-state index in [-0.39, 0.29) is 31.9 Å². The largest absolute Gasteiger partial charge is 0.481 e. The Morgan fingerprint density at radius 3 is 2.17 bits per heavy atom. The van der Waals surface area contributed by atoms with Crippen molar-refractivity contribution in [2.24, 2.45) is 0 Å². The van der Waals surface area contributed by atoms with Gasteiger partial charge < -0.3 is 25.2 Å². The first-order valence-electron chi connectivity index (χ1n) is 11.7. The Hall–Kier alpha value is -4.33. The van der Waals surface area contributed by atoms with Crippen LogP contribution in [0.1, 0.15) is 29.0 Å². The summed E-state index contributed by atoms with van der Waals surface area (Å²) < 4.78 is 10.5. The van der Waals surface area contributed by atoms with E-state index >= 15 is 0 Å². The quantitative estimate of drug-likeness (QED) is 0.367. The van der Waals surface area contributed by atoms with E-state index in [0.29, 0.717) is 5.69 Å². The number of carbonyl (C=O) groups is 3. The van der Waals surface area contributed by atoms with E-state index in [2.05, 4.69) is 22.8 Å². The Morgan fingerprint density at radius 1 is 0.917 bits per heavy atom. The molecule has 0 bridgehead atoms. The van der Waals surface area contributed by atoms with Gasteiger partial charge in [-0.3, -0.25) is 4.79 Å². The number of ether oxygens (including phenoxy) is 2. The molecule has 0 heterocycles. The number of hydrogen-bond acceptors (Lipinski definition) is 6. The number of benzene rings is 3. The molecular weight excluding hydrogens is 460 g/mol. The highest BCUT2D eigenvalue weighted by Crippen LogP contribution is 2.44. The Labute approximate surface area is 209 Å². The lowest BCUT2D eigenvalue weighted by Crippen LogP contribution is -2.43. The highest BCUT2D eigenvalue weighted by Gasteiger charge is 2.30. The third kappa shape index (κ3) is 5.66. The number of amides is 1. The lowest BCUT2D eigenvalue weighted by molar-refractivity contribution is -0.143. The summed E-state index contributed by atoms with van der Waals surface area (Å²) in [6.45, 7) is 0.357. The van der Waals surface area contributed by atoms with Crippen molar-refractivity contribution in [2.45, 2.75) is 24.8 Å². The summed E-state index contributed by atoms with van der Waals surface area (Å²) in [4.78, 5) is 36.1.